The van der Waals surface area contributed by atoms with Gasteiger partial charge in [-0.25, -0.2) is 0 Å². The smallest absolute Gasteiger partial charge is 0.225 e. The number of rotatable bonds is 2. The predicted molar refractivity (Wildman–Crippen MR) is 55.3 cm³/mol. The van der Waals surface area contributed by atoms with E-state index in [-0.39, 0.29) is 18.4 Å². The number of aliphatic hydroxyl groups excluding tert-OH is 1. The maximum Gasteiger partial charge on any atom is 0.225 e. The molecule has 0 bridgehead atoms. The quantitative estimate of drug-likeness (QED) is 0.715. The Morgan fingerprint density at radius 2 is 2.07 bits per heavy atom. The van der Waals surface area contributed by atoms with Gasteiger partial charge >= 0.3 is 0 Å². The molecule has 0 aromatic rings. The van der Waals surface area contributed by atoms with E-state index in [0.717, 1.165) is 32.4 Å². The normalized spacial score (nSPS) is 28.3. The van der Waals surface area contributed by atoms with Gasteiger partial charge in [-0.2, -0.15) is 0 Å². The molecule has 0 aromatic carbocycles. The van der Waals surface area contributed by atoms with Crippen LogP contribution in [0.2, 0.25) is 0 Å². The number of carbonyl (C=O) groups is 1. The number of hydrogen-bond acceptors (Lipinski definition) is 3. The number of amides is 1. The van der Waals surface area contributed by atoms with E-state index >= 15 is 0 Å². The highest BCUT2D eigenvalue weighted by Crippen LogP contribution is 2.22. The predicted octanol–water partition coefficient (Wildman–Crippen LogP) is 0.254. The van der Waals surface area contributed by atoms with Gasteiger partial charge in [0.25, 0.3) is 0 Å². The molecule has 4 heteroatoms. The van der Waals surface area contributed by atoms with E-state index in [4.69, 9.17) is 9.84 Å². The summed E-state index contributed by atoms with van der Waals surface area (Å²) in [5.41, 5.74) is 0. The molecule has 0 aliphatic carbocycles. The summed E-state index contributed by atoms with van der Waals surface area (Å²) in [7, 11) is 0. The van der Waals surface area contributed by atoms with E-state index in [1.807, 2.05) is 4.90 Å². The maximum atomic E-state index is 12.1. The van der Waals surface area contributed by atoms with Crippen molar-refractivity contribution in [2.75, 3.05) is 32.9 Å². The van der Waals surface area contributed by atoms with Crippen LogP contribution < -0.4 is 0 Å². The zero-order valence-corrected chi connectivity index (χ0v) is 9.02. The molecular weight excluding hydrogens is 194 g/mol. The molecule has 86 valence electrons. The minimum atomic E-state index is 0.163. The third-order valence-electron chi connectivity index (χ3n) is 3.43. The highest BCUT2D eigenvalue weighted by molar-refractivity contribution is 5.79. The van der Waals surface area contributed by atoms with E-state index in [1.54, 1.807) is 0 Å². The molecule has 1 atom stereocenters. The molecule has 4 nitrogen and oxygen atoms in total. The second-order valence-corrected chi connectivity index (χ2v) is 4.51. The lowest BCUT2D eigenvalue weighted by atomic mass is 9.99. The molecule has 1 amide bonds. The molecule has 2 aliphatic heterocycles. The first-order valence-electron chi connectivity index (χ1n) is 5.78. The topological polar surface area (TPSA) is 49.8 Å². The van der Waals surface area contributed by atoms with Crippen molar-refractivity contribution < 1.29 is 14.6 Å². The molecule has 15 heavy (non-hydrogen) atoms. The first kappa shape index (κ1) is 10.9. The summed E-state index contributed by atoms with van der Waals surface area (Å²) in [5.74, 6) is 0.735. The molecular formula is C11H19NO3. The summed E-state index contributed by atoms with van der Waals surface area (Å²) in [5, 5.41) is 9.02. The summed E-state index contributed by atoms with van der Waals surface area (Å²) >= 11 is 0. The summed E-state index contributed by atoms with van der Waals surface area (Å²) < 4.78 is 5.24. The summed E-state index contributed by atoms with van der Waals surface area (Å²) in [4.78, 5) is 14.0. The van der Waals surface area contributed by atoms with Crippen LogP contribution in [0.25, 0.3) is 0 Å². The fourth-order valence-corrected chi connectivity index (χ4v) is 2.38. The van der Waals surface area contributed by atoms with E-state index in [0.29, 0.717) is 19.1 Å². The van der Waals surface area contributed by atoms with Crippen molar-refractivity contribution in [2.45, 2.75) is 19.3 Å². The van der Waals surface area contributed by atoms with Crippen LogP contribution in [-0.2, 0) is 9.53 Å². The molecule has 1 N–H and O–H groups in total. The Balaban J connectivity index is 1.85. The molecule has 0 aromatic heterocycles. The second-order valence-electron chi connectivity index (χ2n) is 4.51. The second kappa shape index (κ2) is 4.94. The number of ether oxygens (including phenoxy) is 1. The molecule has 2 saturated heterocycles. The lowest BCUT2D eigenvalue weighted by molar-refractivity contribution is -0.137. The van der Waals surface area contributed by atoms with Gasteiger partial charge in [-0.05, 0) is 19.3 Å². The molecule has 2 rings (SSSR count). The van der Waals surface area contributed by atoms with Crippen molar-refractivity contribution in [3.05, 3.63) is 0 Å². The Bertz CT molecular complexity index is 226. The average Bonchev–Trinajstić information content (AvgIpc) is 2.78. The lowest BCUT2D eigenvalue weighted by Crippen LogP contribution is -2.37. The van der Waals surface area contributed by atoms with Crippen LogP contribution in [0, 0.1) is 11.8 Å². The number of hydrogen-bond donors (Lipinski definition) is 1. The summed E-state index contributed by atoms with van der Waals surface area (Å²) in [6, 6.07) is 0. The zero-order valence-electron chi connectivity index (χ0n) is 9.02. The van der Waals surface area contributed by atoms with Crippen LogP contribution in [0.3, 0.4) is 0 Å². The van der Waals surface area contributed by atoms with Gasteiger partial charge in [0.2, 0.25) is 5.91 Å². The van der Waals surface area contributed by atoms with Crippen molar-refractivity contribution in [3.63, 3.8) is 0 Å². The van der Waals surface area contributed by atoms with E-state index in [2.05, 4.69) is 0 Å². The van der Waals surface area contributed by atoms with Crippen LogP contribution in [-0.4, -0.2) is 48.8 Å². The van der Waals surface area contributed by atoms with Gasteiger partial charge in [0.05, 0.1) is 0 Å². The maximum absolute atomic E-state index is 12.1. The average molecular weight is 213 g/mol. The number of likely N-dealkylation sites (tertiary alicyclic amines) is 1. The van der Waals surface area contributed by atoms with Crippen LogP contribution in [0.4, 0.5) is 0 Å². The first-order valence-corrected chi connectivity index (χ1v) is 5.78. The standard InChI is InChI=1S/C11H19NO3/c13-8-9-1-4-12(7-9)11(14)10-2-5-15-6-3-10/h9-10,13H,1-8H2/t9-/m0/s1. The summed E-state index contributed by atoms with van der Waals surface area (Å²) in [6.45, 7) is 3.20. The van der Waals surface area contributed by atoms with E-state index in [9.17, 15) is 4.79 Å². The Kier molecular flexibility index (Phi) is 3.59. The van der Waals surface area contributed by atoms with Crippen LogP contribution in [0.5, 0.6) is 0 Å². The fraction of sp³-hybridized carbons (Fsp3) is 0.909. The highest BCUT2D eigenvalue weighted by atomic mass is 16.5. The van der Waals surface area contributed by atoms with Gasteiger partial charge in [-0.15, -0.1) is 0 Å². The molecule has 0 spiro atoms. The zero-order chi connectivity index (χ0) is 10.7. The van der Waals surface area contributed by atoms with Crippen molar-refractivity contribution in [2.24, 2.45) is 11.8 Å². The Labute approximate surface area is 90.2 Å². The van der Waals surface area contributed by atoms with Gasteiger partial charge in [-0.3, -0.25) is 4.79 Å². The molecule has 2 heterocycles. The van der Waals surface area contributed by atoms with Gasteiger partial charge in [-0.1, -0.05) is 0 Å². The largest absolute Gasteiger partial charge is 0.396 e. The van der Waals surface area contributed by atoms with Gasteiger partial charge in [0, 0.05) is 44.7 Å². The molecule has 0 radical (unpaired) electrons. The molecule has 0 unspecified atom stereocenters. The van der Waals surface area contributed by atoms with Crippen LogP contribution in [0.1, 0.15) is 19.3 Å². The fourth-order valence-electron chi connectivity index (χ4n) is 2.38. The van der Waals surface area contributed by atoms with Crippen molar-refractivity contribution >= 4 is 5.91 Å². The lowest BCUT2D eigenvalue weighted by Gasteiger charge is -2.26. The highest BCUT2D eigenvalue weighted by Gasteiger charge is 2.31. The SMILES string of the molecule is O=C(C1CCOCC1)N1CC[C@H](CO)C1. The Morgan fingerprint density at radius 1 is 1.33 bits per heavy atom. The first-order chi connectivity index (χ1) is 7.31. The monoisotopic (exact) mass is 213 g/mol. The minimum Gasteiger partial charge on any atom is -0.396 e. The minimum absolute atomic E-state index is 0.163. The van der Waals surface area contributed by atoms with Crippen LogP contribution in [0.15, 0.2) is 0 Å². The van der Waals surface area contributed by atoms with Gasteiger partial charge < -0.3 is 14.7 Å². The Morgan fingerprint density at radius 3 is 2.67 bits per heavy atom. The number of aliphatic hydroxyl groups is 1. The van der Waals surface area contributed by atoms with E-state index in [1.165, 1.54) is 0 Å². The van der Waals surface area contributed by atoms with E-state index < -0.39 is 0 Å². The number of nitrogens with zero attached hydrogens (tertiary/aromatic N) is 1. The van der Waals surface area contributed by atoms with Crippen LogP contribution >= 0.6 is 0 Å². The van der Waals surface area contributed by atoms with Crippen molar-refractivity contribution in [3.8, 4) is 0 Å². The third kappa shape index (κ3) is 2.49. The molecule has 0 saturated carbocycles. The van der Waals surface area contributed by atoms with Crippen molar-refractivity contribution in [1.82, 2.24) is 4.90 Å². The number of carbonyl (C=O) groups excluding carboxylic acids is 1. The third-order valence-corrected chi connectivity index (χ3v) is 3.43. The van der Waals surface area contributed by atoms with Crippen molar-refractivity contribution in [1.29, 1.82) is 0 Å². The molecule has 2 fully saturated rings. The molecule has 2 aliphatic rings. The Hall–Kier alpha value is -0.610. The summed E-state index contributed by atoms with van der Waals surface area (Å²) in [6.07, 6.45) is 2.67. The van der Waals surface area contributed by atoms with Gasteiger partial charge in [0.15, 0.2) is 0 Å². The van der Waals surface area contributed by atoms with Gasteiger partial charge in [0.1, 0.15) is 0 Å².